The van der Waals surface area contributed by atoms with Crippen LogP contribution in [0.3, 0.4) is 0 Å². The van der Waals surface area contributed by atoms with E-state index in [-0.39, 0.29) is 0 Å². The van der Waals surface area contributed by atoms with Crippen LogP contribution in [0.15, 0.2) is 41.4 Å². The molecule has 0 amide bonds. The number of hydrogen-bond acceptors (Lipinski definition) is 4. The third kappa shape index (κ3) is 4.26. The van der Waals surface area contributed by atoms with Gasteiger partial charge in [-0.25, -0.2) is 4.79 Å². The highest BCUT2D eigenvalue weighted by Gasteiger charge is 2.17. The first kappa shape index (κ1) is 17.8. The van der Waals surface area contributed by atoms with Crippen molar-refractivity contribution in [2.45, 2.75) is 20.0 Å². The number of carboxylic acid groups (broad SMARTS) is 1. The van der Waals surface area contributed by atoms with Gasteiger partial charge in [0.15, 0.2) is 17.6 Å². The Balaban J connectivity index is 2.40. The number of aliphatic imine (C=N–C) groups is 1. The molecule has 1 atom stereocenters. The molecular formula is C18H18ClNO4. The van der Waals surface area contributed by atoms with Crippen LogP contribution in [-0.2, 0) is 4.79 Å². The number of nitrogens with zero attached hydrogens (tertiary/aromatic N) is 1. The molecule has 0 saturated heterocycles. The van der Waals surface area contributed by atoms with E-state index in [0.29, 0.717) is 22.1 Å². The predicted molar refractivity (Wildman–Crippen MR) is 94.2 cm³/mol. The second-order valence-electron chi connectivity index (χ2n) is 5.17. The summed E-state index contributed by atoms with van der Waals surface area (Å²) in [5.41, 5.74) is 2.31. The summed E-state index contributed by atoms with van der Waals surface area (Å²) in [6.07, 6.45) is 0.590. The quantitative estimate of drug-likeness (QED) is 0.793. The largest absolute Gasteiger partial charge is 0.493 e. The van der Waals surface area contributed by atoms with Gasteiger partial charge in [-0.05, 0) is 43.7 Å². The number of para-hydroxylation sites is 1. The van der Waals surface area contributed by atoms with Crippen LogP contribution in [0.5, 0.6) is 11.5 Å². The molecule has 0 fully saturated rings. The Kier molecular flexibility index (Phi) is 5.82. The Hall–Kier alpha value is -2.53. The van der Waals surface area contributed by atoms with Crippen LogP contribution in [0, 0.1) is 6.92 Å². The van der Waals surface area contributed by atoms with E-state index in [4.69, 9.17) is 26.2 Å². The van der Waals surface area contributed by atoms with Gasteiger partial charge in [0.05, 0.1) is 12.8 Å². The Morgan fingerprint density at radius 2 is 2.08 bits per heavy atom. The highest BCUT2D eigenvalue weighted by atomic mass is 35.5. The minimum Gasteiger partial charge on any atom is -0.493 e. The number of benzene rings is 2. The number of carbonyl (C=O) groups is 1. The molecule has 5 nitrogen and oxygen atoms in total. The minimum absolute atomic E-state index is 0.332. The van der Waals surface area contributed by atoms with Crippen LogP contribution in [0.2, 0.25) is 5.02 Å². The van der Waals surface area contributed by atoms with E-state index < -0.39 is 12.1 Å². The normalized spacial score (nSPS) is 12.2. The Labute approximate surface area is 145 Å². The third-order valence-electron chi connectivity index (χ3n) is 3.39. The van der Waals surface area contributed by atoms with Crippen molar-refractivity contribution in [3.63, 3.8) is 0 Å². The van der Waals surface area contributed by atoms with E-state index in [1.54, 1.807) is 36.5 Å². The summed E-state index contributed by atoms with van der Waals surface area (Å²) < 4.78 is 10.8. The SMILES string of the molecule is COc1cccc(C=Nc2cc(Cl)ccc2C)c1O[C@@H](C)C(=O)O. The smallest absolute Gasteiger partial charge is 0.344 e. The first-order valence-corrected chi connectivity index (χ1v) is 7.67. The highest BCUT2D eigenvalue weighted by Crippen LogP contribution is 2.32. The molecular weight excluding hydrogens is 330 g/mol. The van der Waals surface area contributed by atoms with Crippen molar-refractivity contribution in [3.8, 4) is 11.5 Å². The molecule has 2 aromatic rings. The van der Waals surface area contributed by atoms with Gasteiger partial charge in [-0.2, -0.15) is 0 Å². The number of aryl methyl sites for hydroxylation is 1. The fraction of sp³-hybridized carbons (Fsp3) is 0.222. The van der Waals surface area contributed by atoms with E-state index in [9.17, 15) is 4.79 Å². The first-order chi connectivity index (χ1) is 11.4. The monoisotopic (exact) mass is 347 g/mol. The predicted octanol–water partition coefficient (Wildman–Crippen LogP) is 4.26. The van der Waals surface area contributed by atoms with Gasteiger partial charge in [-0.1, -0.05) is 23.7 Å². The standard InChI is InChI=1S/C18H18ClNO4/c1-11-7-8-14(19)9-15(11)20-10-13-5-4-6-16(23-3)17(13)24-12(2)18(21)22/h4-10,12H,1-3H3,(H,21,22)/t12-/m0/s1. The summed E-state index contributed by atoms with van der Waals surface area (Å²) in [6, 6.07) is 10.7. The lowest BCUT2D eigenvalue weighted by Gasteiger charge is -2.15. The summed E-state index contributed by atoms with van der Waals surface area (Å²) in [4.78, 5) is 15.5. The van der Waals surface area contributed by atoms with Crippen LogP contribution >= 0.6 is 11.6 Å². The van der Waals surface area contributed by atoms with E-state index in [1.165, 1.54) is 14.0 Å². The Bertz CT molecular complexity index is 774. The Morgan fingerprint density at radius 3 is 2.75 bits per heavy atom. The van der Waals surface area contributed by atoms with Gasteiger partial charge < -0.3 is 14.6 Å². The van der Waals surface area contributed by atoms with E-state index in [0.717, 1.165) is 11.3 Å². The number of hydrogen-bond donors (Lipinski definition) is 1. The first-order valence-electron chi connectivity index (χ1n) is 7.29. The van der Waals surface area contributed by atoms with E-state index in [1.807, 2.05) is 13.0 Å². The van der Waals surface area contributed by atoms with Gasteiger partial charge in [0, 0.05) is 16.8 Å². The molecule has 0 heterocycles. The van der Waals surface area contributed by atoms with Gasteiger partial charge in [0.2, 0.25) is 0 Å². The number of aliphatic carboxylic acids is 1. The number of methoxy groups -OCH3 is 1. The maximum Gasteiger partial charge on any atom is 0.344 e. The van der Waals surface area contributed by atoms with Crippen molar-refractivity contribution in [1.29, 1.82) is 0 Å². The average Bonchev–Trinajstić information content (AvgIpc) is 2.56. The fourth-order valence-electron chi connectivity index (χ4n) is 2.01. The summed E-state index contributed by atoms with van der Waals surface area (Å²) in [7, 11) is 1.50. The van der Waals surface area contributed by atoms with Gasteiger partial charge in [-0.3, -0.25) is 4.99 Å². The van der Waals surface area contributed by atoms with Crippen molar-refractivity contribution in [2.75, 3.05) is 7.11 Å². The van der Waals surface area contributed by atoms with Crippen molar-refractivity contribution in [1.82, 2.24) is 0 Å². The summed E-state index contributed by atoms with van der Waals surface area (Å²) in [5.74, 6) is -0.289. The molecule has 0 aliphatic rings. The molecule has 0 saturated carbocycles. The molecule has 0 aliphatic carbocycles. The number of carboxylic acids is 1. The zero-order valence-electron chi connectivity index (χ0n) is 13.6. The number of ether oxygens (including phenoxy) is 2. The summed E-state index contributed by atoms with van der Waals surface area (Å²) in [6.45, 7) is 3.38. The molecule has 126 valence electrons. The molecule has 2 aromatic carbocycles. The molecule has 0 spiro atoms. The van der Waals surface area contributed by atoms with E-state index >= 15 is 0 Å². The van der Waals surface area contributed by atoms with Crippen LogP contribution < -0.4 is 9.47 Å². The van der Waals surface area contributed by atoms with Gasteiger partial charge >= 0.3 is 5.97 Å². The van der Waals surface area contributed by atoms with E-state index in [2.05, 4.69) is 4.99 Å². The number of rotatable bonds is 6. The molecule has 0 radical (unpaired) electrons. The van der Waals surface area contributed by atoms with Crippen molar-refractivity contribution in [2.24, 2.45) is 4.99 Å². The highest BCUT2D eigenvalue weighted by molar-refractivity contribution is 6.30. The number of halogens is 1. The van der Waals surface area contributed by atoms with Crippen LogP contribution in [0.4, 0.5) is 5.69 Å². The second kappa shape index (κ2) is 7.84. The zero-order valence-corrected chi connectivity index (χ0v) is 14.4. The molecule has 0 unspecified atom stereocenters. The summed E-state index contributed by atoms with van der Waals surface area (Å²) in [5, 5.41) is 9.65. The molecule has 24 heavy (non-hydrogen) atoms. The molecule has 0 aromatic heterocycles. The van der Waals surface area contributed by atoms with Crippen molar-refractivity contribution >= 4 is 29.5 Å². The molecule has 0 bridgehead atoms. The molecule has 1 N–H and O–H groups in total. The lowest BCUT2D eigenvalue weighted by molar-refractivity contribution is -0.144. The van der Waals surface area contributed by atoms with Crippen LogP contribution in [-0.4, -0.2) is 30.5 Å². The zero-order chi connectivity index (χ0) is 17.7. The second-order valence-corrected chi connectivity index (χ2v) is 5.60. The van der Waals surface area contributed by atoms with Gasteiger partial charge in [-0.15, -0.1) is 0 Å². The van der Waals surface area contributed by atoms with Gasteiger partial charge in [0.25, 0.3) is 0 Å². The topological polar surface area (TPSA) is 68.1 Å². The Morgan fingerprint density at radius 1 is 1.33 bits per heavy atom. The summed E-state index contributed by atoms with van der Waals surface area (Å²) >= 11 is 6.00. The average molecular weight is 348 g/mol. The lowest BCUT2D eigenvalue weighted by Crippen LogP contribution is -2.23. The van der Waals surface area contributed by atoms with Crippen molar-refractivity contribution in [3.05, 3.63) is 52.5 Å². The molecule has 2 rings (SSSR count). The molecule has 6 heteroatoms. The maximum atomic E-state index is 11.1. The van der Waals surface area contributed by atoms with Crippen molar-refractivity contribution < 1.29 is 19.4 Å². The maximum absolute atomic E-state index is 11.1. The van der Waals surface area contributed by atoms with Gasteiger partial charge in [0.1, 0.15) is 0 Å². The fourth-order valence-corrected chi connectivity index (χ4v) is 2.18. The lowest BCUT2D eigenvalue weighted by atomic mass is 10.2. The van der Waals surface area contributed by atoms with Crippen LogP contribution in [0.1, 0.15) is 18.1 Å². The van der Waals surface area contributed by atoms with Crippen LogP contribution in [0.25, 0.3) is 0 Å². The minimum atomic E-state index is -1.06. The third-order valence-corrected chi connectivity index (χ3v) is 3.62. The molecule has 0 aliphatic heterocycles.